The fourth-order valence-corrected chi connectivity index (χ4v) is 3.19. The molecule has 1 fully saturated rings. The summed E-state index contributed by atoms with van der Waals surface area (Å²) in [6, 6.07) is 1.13. The topological polar surface area (TPSA) is 78.1 Å². The van der Waals surface area contributed by atoms with Crippen molar-refractivity contribution in [3.8, 4) is 5.75 Å². The lowest BCUT2D eigenvalue weighted by atomic mass is 9.78. The van der Waals surface area contributed by atoms with Crippen LogP contribution in [0.1, 0.15) is 54.8 Å². The zero-order valence-electron chi connectivity index (χ0n) is 15.3. The van der Waals surface area contributed by atoms with Crippen molar-refractivity contribution in [2.75, 3.05) is 6.61 Å². The highest BCUT2D eigenvalue weighted by Crippen LogP contribution is 2.43. The molecule has 2 aromatic rings. The third kappa shape index (κ3) is 5.21. The molecule has 0 aliphatic heterocycles. The van der Waals surface area contributed by atoms with Gasteiger partial charge in [-0.05, 0) is 12.3 Å². The highest BCUT2D eigenvalue weighted by atomic mass is 35.5. The number of carbonyl (C=O) groups is 1. The number of pyridine rings is 1. The molecular formula is C18H19ClF3N3O3. The van der Waals surface area contributed by atoms with Crippen molar-refractivity contribution in [2.24, 2.45) is 5.92 Å². The van der Waals surface area contributed by atoms with E-state index in [4.69, 9.17) is 20.9 Å². The van der Waals surface area contributed by atoms with Crippen LogP contribution >= 0.6 is 11.6 Å². The second-order valence-corrected chi connectivity index (χ2v) is 7.76. The van der Waals surface area contributed by atoms with Crippen LogP contribution in [0.25, 0.3) is 0 Å². The highest BCUT2D eigenvalue weighted by Gasteiger charge is 2.40. The van der Waals surface area contributed by atoms with E-state index in [0.717, 1.165) is 25.1 Å². The quantitative estimate of drug-likeness (QED) is 0.579. The van der Waals surface area contributed by atoms with Gasteiger partial charge in [0.25, 0.3) is 0 Å². The minimum Gasteiger partial charge on any atom is -0.482 e. The molecule has 0 aromatic carbocycles. The molecular weight excluding hydrogens is 399 g/mol. The number of rotatable bonds is 8. The molecule has 0 amide bonds. The Bertz CT molecular complexity index is 867. The Labute approximate surface area is 164 Å². The number of Topliss-reactive ketones (excluding diaryl/α,β-unsaturated/α-hetero) is 1. The van der Waals surface area contributed by atoms with E-state index in [1.54, 1.807) is 6.92 Å². The fraction of sp³-hybridized carbons (Fsp3) is 0.556. The number of hydrogen-bond acceptors (Lipinski definition) is 6. The summed E-state index contributed by atoms with van der Waals surface area (Å²) in [7, 11) is 0. The number of carbonyl (C=O) groups excluding carboxylic acids is 1. The summed E-state index contributed by atoms with van der Waals surface area (Å²) in [5.74, 6) is 0.723. The van der Waals surface area contributed by atoms with E-state index < -0.39 is 18.2 Å². The maximum atomic E-state index is 12.8. The molecule has 2 heterocycles. The van der Waals surface area contributed by atoms with E-state index in [-0.39, 0.29) is 28.7 Å². The Morgan fingerprint density at radius 1 is 1.39 bits per heavy atom. The van der Waals surface area contributed by atoms with Gasteiger partial charge in [-0.15, -0.1) is 0 Å². The molecule has 2 aromatic heterocycles. The minimum atomic E-state index is -4.52. The largest absolute Gasteiger partial charge is 0.482 e. The summed E-state index contributed by atoms with van der Waals surface area (Å²) >= 11 is 5.84. The van der Waals surface area contributed by atoms with Crippen molar-refractivity contribution >= 4 is 17.4 Å². The second-order valence-electron chi connectivity index (χ2n) is 7.35. The number of aromatic nitrogens is 3. The van der Waals surface area contributed by atoms with Gasteiger partial charge >= 0.3 is 6.18 Å². The van der Waals surface area contributed by atoms with Gasteiger partial charge in [0.15, 0.2) is 18.2 Å². The molecule has 0 spiro atoms. The Balaban J connectivity index is 1.80. The Morgan fingerprint density at radius 2 is 2.11 bits per heavy atom. The summed E-state index contributed by atoms with van der Waals surface area (Å²) in [5, 5.41) is 3.87. The van der Waals surface area contributed by atoms with Crippen molar-refractivity contribution in [1.82, 2.24) is 15.1 Å². The Kier molecular flexibility index (Phi) is 5.65. The molecule has 10 heteroatoms. The second kappa shape index (κ2) is 7.69. The van der Waals surface area contributed by atoms with Gasteiger partial charge in [-0.3, -0.25) is 9.78 Å². The SMILES string of the molecule is Cc1nc([C@@](C)(CC(=O)c2cc(OCC(F)(F)F)c(Cl)cn2)CC2CC2)no1. The number of alkyl halides is 3. The number of aryl methyl sites for hydroxylation is 1. The van der Waals surface area contributed by atoms with Gasteiger partial charge in [0.05, 0.1) is 6.20 Å². The molecule has 1 aliphatic rings. The van der Waals surface area contributed by atoms with Gasteiger partial charge < -0.3 is 9.26 Å². The zero-order chi connectivity index (χ0) is 20.5. The first kappa shape index (κ1) is 20.6. The summed E-state index contributed by atoms with van der Waals surface area (Å²) in [6.07, 6.45) is -0.504. The lowest BCUT2D eigenvalue weighted by Gasteiger charge is -2.25. The molecule has 0 N–H and O–H groups in total. The standard InChI is InChI=1S/C18H19ClF3N3O3/c1-10-24-16(25-28-10)17(2,6-11-3-4-11)7-14(26)13-5-15(12(19)8-23-13)27-9-18(20,21)22/h5,8,11H,3-4,6-7,9H2,1-2H3/t17-/m1/s1. The van der Waals surface area contributed by atoms with E-state index in [0.29, 0.717) is 24.1 Å². The normalized spacial score (nSPS) is 16.6. The summed E-state index contributed by atoms with van der Waals surface area (Å²) in [6.45, 7) is 2.04. The van der Waals surface area contributed by atoms with Crippen LogP contribution in [0.3, 0.4) is 0 Å². The van der Waals surface area contributed by atoms with Crippen LogP contribution < -0.4 is 4.74 Å². The molecule has 0 saturated heterocycles. The van der Waals surface area contributed by atoms with E-state index in [1.807, 2.05) is 6.92 Å². The minimum absolute atomic E-state index is 0.0242. The summed E-state index contributed by atoms with van der Waals surface area (Å²) < 4.78 is 47.0. The van der Waals surface area contributed by atoms with Crippen molar-refractivity contribution in [1.29, 1.82) is 0 Å². The molecule has 0 radical (unpaired) electrons. The van der Waals surface area contributed by atoms with E-state index in [1.165, 1.54) is 0 Å². The maximum Gasteiger partial charge on any atom is 0.422 e. The van der Waals surface area contributed by atoms with Crippen LogP contribution in [0.2, 0.25) is 5.02 Å². The third-order valence-corrected chi connectivity index (χ3v) is 4.84. The Morgan fingerprint density at radius 3 is 2.68 bits per heavy atom. The van der Waals surface area contributed by atoms with Crippen LogP contribution in [0, 0.1) is 12.8 Å². The van der Waals surface area contributed by atoms with Crippen molar-refractivity contribution in [3.63, 3.8) is 0 Å². The molecule has 3 rings (SSSR count). The van der Waals surface area contributed by atoms with Crippen LogP contribution in [0.15, 0.2) is 16.8 Å². The average molecular weight is 418 g/mol. The molecule has 152 valence electrons. The van der Waals surface area contributed by atoms with Crippen LogP contribution in [-0.2, 0) is 5.41 Å². The van der Waals surface area contributed by atoms with Crippen LogP contribution in [0.4, 0.5) is 13.2 Å². The van der Waals surface area contributed by atoms with Gasteiger partial charge in [-0.2, -0.15) is 18.2 Å². The lowest BCUT2D eigenvalue weighted by molar-refractivity contribution is -0.153. The predicted molar refractivity (Wildman–Crippen MR) is 93.5 cm³/mol. The number of ether oxygens (including phenoxy) is 1. The lowest BCUT2D eigenvalue weighted by Crippen LogP contribution is -2.28. The van der Waals surface area contributed by atoms with Crippen molar-refractivity contribution < 1.29 is 27.2 Å². The fourth-order valence-electron chi connectivity index (χ4n) is 3.03. The molecule has 6 nitrogen and oxygen atoms in total. The maximum absolute atomic E-state index is 12.8. The molecule has 0 bridgehead atoms. The van der Waals surface area contributed by atoms with E-state index in [2.05, 4.69) is 15.1 Å². The molecule has 1 saturated carbocycles. The van der Waals surface area contributed by atoms with Gasteiger partial charge in [0, 0.05) is 24.8 Å². The van der Waals surface area contributed by atoms with Gasteiger partial charge in [-0.25, -0.2) is 0 Å². The first-order valence-electron chi connectivity index (χ1n) is 8.75. The van der Waals surface area contributed by atoms with E-state index >= 15 is 0 Å². The molecule has 28 heavy (non-hydrogen) atoms. The monoisotopic (exact) mass is 417 g/mol. The van der Waals surface area contributed by atoms with Gasteiger partial charge in [-0.1, -0.05) is 36.5 Å². The zero-order valence-corrected chi connectivity index (χ0v) is 16.1. The number of hydrogen-bond donors (Lipinski definition) is 0. The number of nitrogens with zero attached hydrogens (tertiary/aromatic N) is 3. The first-order chi connectivity index (χ1) is 13.1. The first-order valence-corrected chi connectivity index (χ1v) is 9.13. The summed E-state index contributed by atoms with van der Waals surface area (Å²) in [4.78, 5) is 21.1. The van der Waals surface area contributed by atoms with Crippen LogP contribution in [-0.4, -0.2) is 33.7 Å². The predicted octanol–water partition coefficient (Wildman–Crippen LogP) is 4.70. The molecule has 0 unspecified atom stereocenters. The van der Waals surface area contributed by atoms with E-state index in [9.17, 15) is 18.0 Å². The number of ketones is 1. The van der Waals surface area contributed by atoms with Gasteiger partial charge in [0.1, 0.15) is 16.5 Å². The highest BCUT2D eigenvalue weighted by molar-refractivity contribution is 6.32. The average Bonchev–Trinajstić information content (AvgIpc) is 3.29. The summed E-state index contributed by atoms with van der Waals surface area (Å²) in [5.41, 5.74) is -0.687. The smallest absolute Gasteiger partial charge is 0.422 e. The molecule has 1 aliphatic carbocycles. The number of halogens is 4. The third-order valence-electron chi connectivity index (χ3n) is 4.55. The molecule has 1 atom stereocenters. The van der Waals surface area contributed by atoms with Gasteiger partial charge in [0.2, 0.25) is 5.89 Å². The van der Waals surface area contributed by atoms with Crippen molar-refractivity contribution in [3.05, 3.63) is 34.7 Å². The van der Waals surface area contributed by atoms with Crippen molar-refractivity contribution in [2.45, 2.75) is 51.1 Å². The van der Waals surface area contributed by atoms with Crippen LogP contribution in [0.5, 0.6) is 5.75 Å². The Hall–Kier alpha value is -2.16.